The number of fused-ring (bicyclic) bond motifs is 3. The lowest BCUT2D eigenvalue weighted by Crippen LogP contribution is -2.19. The number of hydrogen-bond acceptors (Lipinski definition) is 6. The molecule has 0 saturated heterocycles. The number of aromatic nitrogens is 3. The van der Waals surface area contributed by atoms with E-state index in [0.717, 1.165) is 42.1 Å². The Morgan fingerprint density at radius 3 is 2.67 bits per heavy atom. The minimum Gasteiger partial charge on any atom is -0.492 e. The molecule has 4 rings (SSSR count). The van der Waals surface area contributed by atoms with Gasteiger partial charge in [-0.2, -0.15) is 0 Å². The van der Waals surface area contributed by atoms with Gasteiger partial charge in [-0.15, -0.1) is 0 Å². The molecular weight excluding hydrogens is 338 g/mol. The molecule has 3 aromatic rings. The summed E-state index contributed by atoms with van der Waals surface area (Å²) in [6, 6.07) is 9.90. The molecule has 0 amide bonds. The Hall–Kier alpha value is -2.99. The number of nitrogens with one attached hydrogen (secondary N) is 1. The zero-order chi connectivity index (χ0) is 18.6. The molecule has 0 aliphatic heterocycles. The van der Waals surface area contributed by atoms with Gasteiger partial charge < -0.3 is 15.0 Å². The summed E-state index contributed by atoms with van der Waals surface area (Å²) in [6.45, 7) is 1.56. The van der Waals surface area contributed by atoms with Crippen LogP contribution in [0.25, 0.3) is 11.3 Å². The molecule has 2 aromatic heterocycles. The number of hydrogen-bond donors (Lipinski definition) is 1. The summed E-state index contributed by atoms with van der Waals surface area (Å²) in [7, 11) is 4.06. The number of anilines is 2. The van der Waals surface area contributed by atoms with Crippen molar-refractivity contribution in [2.75, 3.05) is 32.6 Å². The third-order valence-electron chi connectivity index (χ3n) is 4.60. The largest absolute Gasteiger partial charge is 0.492 e. The smallest absolute Gasteiger partial charge is 0.227 e. The van der Waals surface area contributed by atoms with E-state index in [4.69, 9.17) is 9.72 Å². The summed E-state index contributed by atoms with van der Waals surface area (Å²) in [5.41, 5.74) is 5.51. The van der Waals surface area contributed by atoms with Gasteiger partial charge in [0.15, 0.2) is 0 Å². The minimum absolute atomic E-state index is 0.597. The third-order valence-corrected chi connectivity index (χ3v) is 4.60. The molecule has 0 radical (unpaired) electrons. The molecule has 6 nitrogen and oxygen atoms in total. The molecule has 27 heavy (non-hydrogen) atoms. The number of ether oxygens (including phenoxy) is 1. The summed E-state index contributed by atoms with van der Waals surface area (Å²) in [5.74, 6) is 1.45. The average Bonchev–Trinajstić information content (AvgIpc) is 2.69. The van der Waals surface area contributed by atoms with E-state index in [-0.39, 0.29) is 0 Å². The van der Waals surface area contributed by atoms with Crippen molar-refractivity contribution in [1.29, 1.82) is 0 Å². The standard InChI is InChI=1S/C21H23N5O/c1-26(2)11-12-27-18-7-5-17(6-8-18)24-21-23-14-16-4-3-15-13-22-10-9-19(15)20(16)25-21/h5-10,13-14H,3-4,11-12H2,1-2H3,(H,23,24,25). The Bertz CT molecular complexity index is 924. The predicted molar refractivity (Wildman–Crippen MR) is 106 cm³/mol. The Morgan fingerprint density at radius 1 is 1.04 bits per heavy atom. The lowest BCUT2D eigenvalue weighted by Gasteiger charge is -2.18. The van der Waals surface area contributed by atoms with Crippen molar-refractivity contribution in [3.05, 3.63) is 60.0 Å². The van der Waals surface area contributed by atoms with Crippen LogP contribution in [0.4, 0.5) is 11.6 Å². The maximum absolute atomic E-state index is 5.73. The van der Waals surface area contributed by atoms with Crippen molar-refractivity contribution < 1.29 is 4.74 Å². The predicted octanol–water partition coefficient (Wildman–Crippen LogP) is 3.32. The molecule has 0 fully saturated rings. The van der Waals surface area contributed by atoms with Gasteiger partial charge in [0.25, 0.3) is 0 Å². The first-order chi connectivity index (χ1) is 13.2. The number of nitrogens with zero attached hydrogens (tertiary/aromatic N) is 4. The van der Waals surface area contributed by atoms with Crippen LogP contribution in [0, 0.1) is 0 Å². The van der Waals surface area contributed by atoms with E-state index in [2.05, 4.69) is 20.2 Å². The molecule has 0 atom stereocenters. The van der Waals surface area contributed by atoms with Gasteiger partial charge in [0, 0.05) is 36.4 Å². The number of rotatable bonds is 6. The van der Waals surface area contributed by atoms with E-state index in [9.17, 15) is 0 Å². The molecule has 0 unspecified atom stereocenters. The van der Waals surface area contributed by atoms with E-state index in [1.807, 2.05) is 63.0 Å². The zero-order valence-electron chi connectivity index (χ0n) is 15.6. The first-order valence-electron chi connectivity index (χ1n) is 9.13. The van der Waals surface area contributed by atoms with Crippen LogP contribution in [0.1, 0.15) is 11.1 Å². The highest BCUT2D eigenvalue weighted by atomic mass is 16.5. The monoisotopic (exact) mass is 361 g/mol. The van der Waals surface area contributed by atoms with E-state index >= 15 is 0 Å². The zero-order valence-corrected chi connectivity index (χ0v) is 15.6. The van der Waals surface area contributed by atoms with E-state index in [1.54, 1.807) is 0 Å². The number of likely N-dealkylation sites (N-methyl/N-ethyl adjacent to an activating group) is 1. The van der Waals surface area contributed by atoms with Gasteiger partial charge in [-0.1, -0.05) is 0 Å². The van der Waals surface area contributed by atoms with Crippen LogP contribution in [0.2, 0.25) is 0 Å². The second-order valence-electron chi connectivity index (χ2n) is 6.90. The molecule has 1 aliphatic rings. The minimum atomic E-state index is 0.597. The van der Waals surface area contributed by atoms with Gasteiger partial charge in [-0.05, 0) is 68.4 Å². The first-order valence-corrected chi connectivity index (χ1v) is 9.13. The van der Waals surface area contributed by atoms with Crippen molar-refractivity contribution in [2.45, 2.75) is 12.8 Å². The van der Waals surface area contributed by atoms with E-state index in [0.29, 0.717) is 12.6 Å². The summed E-state index contributed by atoms with van der Waals surface area (Å²) in [4.78, 5) is 15.6. The number of pyridine rings is 1. The Balaban J connectivity index is 1.48. The van der Waals surface area contributed by atoms with E-state index in [1.165, 1.54) is 11.1 Å². The van der Waals surface area contributed by atoms with Crippen molar-refractivity contribution in [1.82, 2.24) is 19.9 Å². The Morgan fingerprint density at radius 2 is 1.85 bits per heavy atom. The highest BCUT2D eigenvalue weighted by molar-refractivity contribution is 5.70. The molecule has 1 N–H and O–H groups in total. The van der Waals surface area contributed by atoms with Gasteiger partial charge in [-0.25, -0.2) is 9.97 Å². The van der Waals surface area contributed by atoms with Crippen LogP contribution in [0.3, 0.4) is 0 Å². The third kappa shape index (κ3) is 4.06. The fourth-order valence-corrected chi connectivity index (χ4v) is 3.12. The second-order valence-corrected chi connectivity index (χ2v) is 6.90. The summed E-state index contributed by atoms with van der Waals surface area (Å²) >= 11 is 0. The highest BCUT2D eigenvalue weighted by Crippen LogP contribution is 2.31. The molecular formula is C21H23N5O. The van der Waals surface area contributed by atoms with Crippen molar-refractivity contribution >= 4 is 11.6 Å². The molecule has 1 aromatic carbocycles. The van der Waals surface area contributed by atoms with Crippen LogP contribution < -0.4 is 10.1 Å². The van der Waals surface area contributed by atoms with Gasteiger partial charge >= 0.3 is 0 Å². The number of benzene rings is 1. The SMILES string of the molecule is CN(C)CCOc1ccc(Nc2ncc3c(n2)-c2ccncc2CC3)cc1. The van der Waals surface area contributed by atoms with E-state index < -0.39 is 0 Å². The van der Waals surface area contributed by atoms with Gasteiger partial charge in [0.2, 0.25) is 5.95 Å². The Labute approximate surface area is 159 Å². The van der Waals surface area contributed by atoms with Crippen LogP contribution in [-0.4, -0.2) is 47.1 Å². The highest BCUT2D eigenvalue weighted by Gasteiger charge is 2.18. The molecule has 0 bridgehead atoms. The summed E-state index contributed by atoms with van der Waals surface area (Å²) in [6.07, 6.45) is 7.61. The Kier molecular flexibility index (Phi) is 4.98. The normalized spacial score (nSPS) is 12.4. The average molecular weight is 361 g/mol. The summed E-state index contributed by atoms with van der Waals surface area (Å²) in [5, 5.41) is 3.28. The molecule has 1 aliphatic carbocycles. The topological polar surface area (TPSA) is 63.2 Å². The molecule has 0 spiro atoms. The van der Waals surface area contributed by atoms with Crippen molar-refractivity contribution in [3.63, 3.8) is 0 Å². The van der Waals surface area contributed by atoms with Crippen LogP contribution in [-0.2, 0) is 12.8 Å². The quantitative estimate of drug-likeness (QED) is 0.727. The van der Waals surface area contributed by atoms with Crippen LogP contribution in [0.15, 0.2) is 48.9 Å². The van der Waals surface area contributed by atoms with Crippen LogP contribution >= 0.6 is 0 Å². The fourth-order valence-electron chi connectivity index (χ4n) is 3.12. The first kappa shape index (κ1) is 17.4. The second kappa shape index (κ2) is 7.72. The maximum Gasteiger partial charge on any atom is 0.227 e. The van der Waals surface area contributed by atoms with Gasteiger partial charge in [0.05, 0.1) is 5.69 Å². The lowest BCUT2D eigenvalue weighted by atomic mass is 9.91. The van der Waals surface area contributed by atoms with Gasteiger partial charge in [0.1, 0.15) is 12.4 Å². The number of aryl methyl sites for hydroxylation is 2. The summed E-state index contributed by atoms with van der Waals surface area (Å²) < 4.78 is 5.73. The molecule has 6 heteroatoms. The molecule has 0 saturated carbocycles. The van der Waals surface area contributed by atoms with Gasteiger partial charge in [-0.3, -0.25) is 4.98 Å². The maximum atomic E-state index is 5.73. The lowest BCUT2D eigenvalue weighted by molar-refractivity contribution is 0.261. The van der Waals surface area contributed by atoms with Crippen molar-refractivity contribution in [3.8, 4) is 17.0 Å². The van der Waals surface area contributed by atoms with Crippen LogP contribution in [0.5, 0.6) is 5.75 Å². The molecule has 2 heterocycles. The molecule has 138 valence electrons. The van der Waals surface area contributed by atoms with Crippen molar-refractivity contribution in [2.24, 2.45) is 0 Å². The fraction of sp³-hybridized carbons (Fsp3) is 0.286.